The second-order valence-electron chi connectivity index (χ2n) is 6.58. The van der Waals surface area contributed by atoms with Gasteiger partial charge in [0.2, 0.25) is 11.8 Å². The van der Waals surface area contributed by atoms with Crippen molar-refractivity contribution in [1.29, 1.82) is 0 Å². The van der Waals surface area contributed by atoms with E-state index in [4.69, 9.17) is 0 Å². The Bertz CT molecular complexity index is 396. The van der Waals surface area contributed by atoms with Gasteiger partial charge in [0.15, 0.2) is 0 Å². The summed E-state index contributed by atoms with van der Waals surface area (Å²) in [5.41, 5.74) is -0.723. The minimum Gasteiger partial charge on any atom is -0.340 e. The van der Waals surface area contributed by atoms with Crippen LogP contribution in [0.1, 0.15) is 66.2 Å². The lowest BCUT2D eigenvalue weighted by molar-refractivity contribution is -0.159. The van der Waals surface area contributed by atoms with Gasteiger partial charge in [0.1, 0.15) is 11.6 Å². The summed E-state index contributed by atoms with van der Waals surface area (Å²) < 4.78 is 0. The van der Waals surface area contributed by atoms with Crippen molar-refractivity contribution in [1.82, 2.24) is 10.2 Å². The fourth-order valence-corrected chi connectivity index (χ4v) is 3.72. The number of nitrogens with one attached hydrogen (secondary N) is 1. The van der Waals surface area contributed by atoms with Gasteiger partial charge < -0.3 is 10.2 Å². The molecular weight excluding hydrogens is 252 g/mol. The first-order valence-corrected chi connectivity index (χ1v) is 8.09. The Morgan fingerprint density at radius 3 is 2.50 bits per heavy atom. The molecule has 20 heavy (non-hydrogen) atoms. The zero-order valence-corrected chi connectivity index (χ0v) is 13.2. The lowest BCUT2D eigenvalue weighted by atomic mass is 9.79. The molecule has 1 N–H and O–H groups in total. The highest BCUT2D eigenvalue weighted by Gasteiger charge is 2.49. The number of amides is 2. The molecule has 0 aromatic rings. The van der Waals surface area contributed by atoms with Crippen LogP contribution in [0.25, 0.3) is 0 Å². The number of hydrogen-bond donors (Lipinski definition) is 1. The normalized spacial score (nSPS) is 38.8. The molecule has 4 unspecified atom stereocenters. The molecule has 0 bridgehead atoms. The molecule has 4 atom stereocenters. The van der Waals surface area contributed by atoms with E-state index in [0.29, 0.717) is 12.3 Å². The summed E-state index contributed by atoms with van der Waals surface area (Å²) in [6, 6.07) is -0.0903. The van der Waals surface area contributed by atoms with Crippen molar-refractivity contribution in [3.63, 3.8) is 0 Å². The maximum Gasteiger partial charge on any atom is 0.248 e. The third-order valence-electron chi connectivity index (χ3n) is 5.36. The fourth-order valence-electron chi connectivity index (χ4n) is 3.72. The molecule has 1 saturated carbocycles. The molecule has 0 aromatic heterocycles. The molecular formula is C16H28N2O2. The Labute approximate surface area is 122 Å². The molecule has 0 radical (unpaired) electrons. The second kappa shape index (κ2) is 5.74. The molecule has 0 spiro atoms. The van der Waals surface area contributed by atoms with E-state index in [2.05, 4.69) is 12.2 Å². The van der Waals surface area contributed by atoms with Crippen LogP contribution >= 0.6 is 0 Å². The third-order valence-corrected chi connectivity index (χ3v) is 5.36. The molecule has 2 rings (SSSR count). The van der Waals surface area contributed by atoms with E-state index in [1.54, 1.807) is 0 Å². The number of rotatable bonds is 3. The summed E-state index contributed by atoms with van der Waals surface area (Å²) in [4.78, 5) is 27.1. The highest BCUT2D eigenvalue weighted by atomic mass is 16.2. The first kappa shape index (κ1) is 15.3. The average Bonchev–Trinajstić information content (AvgIpc) is 2.46. The van der Waals surface area contributed by atoms with E-state index in [1.165, 1.54) is 19.3 Å². The van der Waals surface area contributed by atoms with Gasteiger partial charge in [-0.3, -0.25) is 9.59 Å². The van der Waals surface area contributed by atoms with Crippen molar-refractivity contribution >= 4 is 11.8 Å². The van der Waals surface area contributed by atoms with Gasteiger partial charge in [0.05, 0.1) is 0 Å². The average molecular weight is 280 g/mol. The van der Waals surface area contributed by atoms with Gasteiger partial charge in [0.25, 0.3) is 0 Å². The van der Waals surface area contributed by atoms with E-state index in [1.807, 2.05) is 25.7 Å². The Hall–Kier alpha value is -1.06. The summed E-state index contributed by atoms with van der Waals surface area (Å²) >= 11 is 0. The highest BCUT2D eigenvalue weighted by molar-refractivity contribution is 5.99. The predicted molar refractivity (Wildman–Crippen MR) is 79.2 cm³/mol. The molecule has 2 amide bonds. The molecule has 1 aliphatic heterocycles. The topological polar surface area (TPSA) is 49.4 Å². The quantitative estimate of drug-likeness (QED) is 0.863. The van der Waals surface area contributed by atoms with Crippen molar-refractivity contribution in [2.45, 2.75) is 83.8 Å². The number of nitrogens with zero attached hydrogens (tertiary/aromatic N) is 1. The predicted octanol–water partition coefficient (Wildman–Crippen LogP) is 2.47. The fraction of sp³-hybridized carbons (Fsp3) is 0.875. The van der Waals surface area contributed by atoms with Gasteiger partial charge in [-0.2, -0.15) is 0 Å². The summed E-state index contributed by atoms with van der Waals surface area (Å²) in [6.07, 6.45) is 6.38. The van der Waals surface area contributed by atoms with E-state index >= 15 is 0 Å². The highest BCUT2D eigenvalue weighted by Crippen LogP contribution is 2.35. The Kier molecular flexibility index (Phi) is 4.40. The van der Waals surface area contributed by atoms with E-state index in [0.717, 1.165) is 12.8 Å². The number of hydrogen-bond acceptors (Lipinski definition) is 2. The molecule has 2 aliphatic rings. The van der Waals surface area contributed by atoms with Gasteiger partial charge in [-0.25, -0.2) is 0 Å². The van der Waals surface area contributed by atoms with Crippen LogP contribution in [-0.2, 0) is 9.59 Å². The number of carbonyl (C=O) groups excluding carboxylic acids is 2. The van der Waals surface area contributed by atoms with E-state index in [-0.39, 0.29) is 23.9 Å². The lowest BCUT2D eigenvalue weighted by Crippen LogP contribution is -2.71. The van der Waals surface area contributed by atoms with Crippen LogP contribution < -0.4 is 5.32 Å². The van der Waals surface area contributed by atoms with Gasteiger partial charge >= 0.3 is 0 Å². The van der Waals surface area contributed by atoms with Crippen LogP contribution in [0, 0.1) is 5.92 Å². The number of carbonyl (C=O) groups is 2. The van der Waals surface area contributed by atoms with Crippen LogP contribution in [0.4, 0.5) is 0 Å². The van der Waals surface area contributed by atoms with Crippen LogP contribution in [0.15, 0.2) is 0 Å². The van der Waals surface area contributed by atoms with Crippen molar-refractivity contribution in [2.75, 3.05) is 0 Å². The monoisotopic (exact) mass is 280 g/mol. The lowest BCUT2D eigenvalue weighted by Gasteiger charge is -2.49. The zero-order valence-electron chi connectivity index (χ0n) is 13.2. The first-order chi connectivity index (χ1) is 9.44. The summed E-state index contributed by atoms with van der Waals surface area (Å²) in [5, 5.41) is 2.91. The summed E-state index contributed by atoms with van der Waals surface area (Å²) in [7, 11) is 0. The second-order valence-corrected chi connectivity index (χ2v) is 6.58. The SMILES string of the molecule is CCC1CCCCC1N1C(=O)C(C)(CC)NC(=O)C1C. The van der Waals surface area contributed by atoms with Crippen LogP contribution in [0.5, 0.6) is 0 Å². The zero-order chi connectivity index (χ0) is 14.9. The smallest absolute Gasteiger partial charge is 0.248 e. The van der Waals surface area contributed by atoms with Crippen LogP contribution in [-0.4, -0.2) is 34.3 Å². The van der Waals surface area contributed by atoms with Crippen molar-refractivity contribution < 1.29 is 9.59 Å². The largest absolute Gasteiger partial charge is 0.340 e. The standard InChI is InChI=1S/C16H28N2O2/c1-5-12-9-7-8-10-13(12)18-11(3)14(19)17-16(4,6-2)15(18)20/h11-13H,5-10H2,1-4H3,(H,17,19). The molecule has 1 aliphatic carbocycles. The maximum atomic E-state index is 12.9. The molecule has 0 aromatic carbocycles. The van der Waals surface area contributed by atoms with Crippen LogP contribution in [0.3, 0.4) is 0 Å². The van der Waals surface area contributed by atoms with Gasteiger partial charge in [-0.05, 0) is 39.0 Å². The Morgan fingerprint density at radius 1 is 1.25 bits per heavy atom. The summed E-state index contributed by atoms with van der Waals surface area (Å²) in [6.45, 7) is 7.88. The molecule has 1 heterocycles. The molecule has 2 fully saturated rings. The van der Waals surface area contributed by atoms with Gasteiger partial charge in [-0.1, -0.05) is 33.1 Å². The van der Waals surface area contributed by atoms with E-state index in [9.17, 15) is 9.59 Å². The van der Waals surface area contributed by atoms with Crippen molar-refractivity contribution in [3.8, 4) is 0 Å². The maximum absolute atomic E-state index is 12.9. The first-order valence-electron chi connectivity index (χ1n) is 8.09. The van der Waals surface area contributed by atoms with Crippen molar-refractivity contribution in [3.05, 3.63) is 0 Å². The number of piperazine rings is 1. The molecule has 114 valence electrons. The minimum absolute atomic E-state index is 0.00521. The Morgan fingerprint density at radius 2 is 1.90 bits per heavy atom. The minimum atomic E-state index is -0.723. The molecule has 1 saturated heterocycles. The summed E-state index contributed by atoms with van der Waals surface area (Å²) in [5.74, 6) is 0.647. The molecule has 4 nitrogen and oxygen atoms in total. The van der Waals surface area contributed by atoms with Crippen LogP contribution in [0.2, 0.25) is 0 Å². The van der Waals surface area contributed by atoms with Gasteiger partial charge in [0, 0.05) is 6.04 Å². The Balaban J connectivity index is 2.30. The van der Waals surface area contributed by atoms with E-state index < -0.39 is 5.54 Å². The third kappa shape index (κ3) is 2.45. The molecule has 4 heteroatoms. The van der Waals surface area contributed by atoms with Crippen molar-refractivity contribution in [2.24, 2.45) is 5.92 Å². The van der Waals surface area contributed by atoms with Gasteiger partial charge in [-0.15, -0.1) is 0 Å².